The Kier molecular flexibility index (Phi) is 7.76. The first kappa shape index (κ1) is 25.9. The molecular formula is C29H34FNO5. The Morgan fingerprint density at radius 2 is 1.75 bits per heavy atom. The van der Waals surface area contributed by atoms with Gasteiger partial charge in [0.2, 0.25) is 0 Å². The predicted molar refractivity (Wildman–Crippen MR) is 133 cm³/mol. The van der Waals surface area contributed by atoms with Gasteiger partial charge >= 0.3 is 12.1 Å². The second-order valence-corrected chi connectivity index (χ2v) is 10.6. The zero-order chi connectivity index (χ0) is 25.9. The minimum absolute atomic E-state index is 0.0393. The SMILES string of the molecule is CC(C)(C(=O)O)C1CCC(OC(=O)N2CCc3cc(CC(=O)Cc4ccccc4F)ccc3C2)CC1. The second kappa shape index (κ2) is 10.8. The summed E-state index contributed by atoms with van der Waals surface area (Å²) < 4.78 is 19.6. The molecule has 2 aromatic rings. The second-order valence-electron chi connectivity index (χ2n) is 10.6. The van der Waals surface area contributed by atoms with Crippen LogP contribution in [-0.2, 0) is 40.1 Å². The van der Waals surface area contributed by atoms with E-state index in [1.54, 1.807) is 36.9 Å². The molecule has 7 heteroatoms. The summed E-state index contributed by atoms with van der Waals surface area (Å²) in [5.41, 5.74) is 2.69. The molecule has 36 heavy (non-hydrogen) atoms. The molecule has 6 nitrogen and oxygen atoms in total. The standard InChI is InChI=1S/C29H34FNO5/c1-29(2,27(33)34)23-9-11-25(12-10-23)36-28(35)31-14-13-20-15-19(7-8-22(20)18-31)16-24(32)17-21-5-3-4-6-26(21)30/h3-8,15,23,25H,9-14,16-18H2,1-2H3,(H,33,34). The molecule has 1 N–H and O–H groups in total. The normalized spacial score (nSPS) is 19.9. The van der Waals surface area contributed by atoms with Crippen LogP contribution in [-0.4, -0.2) is 40.5 Å². The van der Waals surface area contributed by atoms with Crippen LogP contribution in [0.15, 0.2) is 42.5 Å². The van der Waals surface area contributed by atoms with Crippen LogP contribution in [0.2, 0.25) is 0 Å². The van der Waals surface area contributed by atoms with Gasteiger partial charge in [-0.1, -0.05) is 36.4 Å². The van der Waals surface area contributed by atoms with Gasteiger partial charge in [-0.15, -0.1) is 0 Å². The number of ketones is 1. The van der Waals surface area contributed by atoms with Crippen LogP contribution in [0.5, 0.6) is 0 Å². The number of fused-ring (bicyclic) bond motifs is 1. The van der Waals surface area contributed by atoms with E-state index in [1.807, 2.05) is 18.2 Å². The van der Waals surface area contributed by atoms with Gasteiger partial charge in [0.1, 0.15) is 17.7 Å². The number of nitrogens with zero attached hydrogens (tertiary/aromatic N) is 1. The lowest BCUT2D eigenvalue weighted by Gasteiger charge is -2.37. The summed E-state index contributed by atoms with van der Waals surface area (Å²) in [5.74, 6) is -1.10. The molecule has 0 radical (unpaired) electrons. The van der Waals surface area contributed by atoms with Gasteiger partial charge in [0.25, 0.3) is 0 Å². The molecule has 2 aromatic carbocycles. The molecule has 192 valence electrons. The van der Waals surface area contributed by atoms with Crippen molar-refractivity contribution >= 4 is 17.8 Å². The highest BCUT2D eigenvalue weighted by Crippen LogP contribution is 2.39. The van der Waals surface area contributed by atoms with E-state index in [9.17, 15) is 23.9 Å². The Bertz CT molecular complexity index is 1140. The number of benzene rings is 2. The first-order chi connectivity index (χ1) is 17.1. The summed E-state index contributed by atoms with van der Waals surface area (Å²) in [6.07, 6.45) is 3.32. The first-order valence-electron chi connectivity index (χ1n) is 12.7. The highest BCUT2D eigenvalue weighted by atomic mass is 19.1. The molecule has 1 aliphatic heterocycles. The monoisotopic (exact) mass is 495 g/mol. The molecule has 1 heterocycles. The molecule has 1 amide bonds. The van der Waals surface area contributed by atoms with Crippen LogP contribution >= 0.6 is 0 Å². The smallest absolute Gasteiger partial charge is 0.410 e. The molecule has 0 aromatic heterocycles. The van der Waals surface area contributed by atoms with Crippen molar-refractivity contribution in [1.82, 2.24) is 4.90 Å². The molecule has 0 unspecified atom stereocenters. The average Bonchev–Trinajstić information content (AvgIpc) is 2.85. The topological polar surface area (TPSA) is 83.9 Å². The molecule has 0 atom stereocenters. The Morgan fingerprint density at radius 3 is 2.44 bits per heavy atom. The number of carbonyl (C=O) groups is 3. The van der Waals surface area contributed by atoms with Gasteiger partial charge in [0.15, 0.2) is 0 Å². The van der Waals surface area contributed by atoms with E-state index >= 15 is 0 Å². The van der Waals surface area contributed by atoms with Crippen LogP contribution in [0, 0.1) is 17.2 Å². The summed E-state index contributed by atoms with van der Waals surface area (Å²) in [6, 6.07) is 12.2. The van der Waals surface area contributed by atoms with E-state index in [0.29, 0.717) is 37.9 Å². The summed E-state index contributed by atoms with van der Waals surface area (Å²) in [7, 11) is 0. The van der Waals surface area contributed by atoms with Gasteiger partial charge in [-0.3, -0.25) is 9.59 Å². The Balaban J connectivity index is 1.28. The van der Waals surface area contributed by atoms with Crippen molar-refractivity contribution in [1.29, 1.82) is 0 Å². The minimum atomic E-state index is -0.785. The number of rotatable bonds is 7. The number of carboxylic acid groups (broad SMARTS) is 1. The van der Waals surface area contributed by atoms with Crippen molar-refractivity contribution in [3.63, 3.8) is 0 Å². The fraction of sp³-hybridized carbons (Fsp3) is 0.483. The summed E-state index contributed by atoms with van der Waals surface area (Å²) in [4.78, 5) is 38.5. The number of halogens is 1. The molecule has 0 saturated heterocycles. The van der Waals surface area contributed by atoms with E-state index in [4.69, 9.17) is 4.74 Å². The summed E-state index contributed by atoms with van der Waals surface area (Å²) in [5, 5.41) is 9.46. The maximum Gasteiger partial charge on any atom is 0.410 e. The van der Waals surface area contributed by atoms with Crippen molar-refractivity contribution in [2.45, 2.75) is 71.4 Å². The van der Waals surface area contributed by atoms with Crippen molar-refractivity contribution in [2.75, 3.05) is 6.54 Å². The van der Waals surface area contributed by atoms with E-state index in [1.165, 1.54) is 6.07 Å². The lowest BCUT2D eigenvalue weighted by Crippen LogP contribution is -2.40. The number of carbonyl (C=O) groups excluding carboxylic acids is 2. The molecular weight excluding hydrogens is 461 g/mol. The molecule has 2 aliphatic rings. The zero-order valence-corrected chi connectivity index (χ0v) is 21.0. The summed E-state index contributed by atoms with van der Waals surface area (Å²) >= 11 is 0. The third kappa shape index (κ3) is 5.94. The number of Topliss-reactive ketones (excluding diaryl/α,β-unsaturated/α-hetero) is 1. The molecule has 1 fully saturated rings. The Morgan fingerprint density at radius 1 is 1.03 bits per heavy atom. The van der Waals surface area contributed by atoms with E-state index in [0.717, 1.165) is 29.5 Å². The highest BCUT2D eigenvalue weighted by Gasteiger charge is 2.39. The largest absolute Gasteiger partial charge is 0.481 e. The number of hydrogen-bond acceptors (Lipinski definition) is 4. The zero-order valence-electron chi connectivity index (χ0n) is 21.0. The lowest BCUT2D eigenvalue weighted by atomic mass is 9.70. The van der Waals surface area contributed by atoms with Crippen LogP contribution in [0.25, 0.3) is 0 Å². The van der Waals surface area contributed by atoms with Gasteiger partial charge in [-0.2, -0.15) is 0 Å². The third-order valence-electron chi connectivity index (χ3n) is 7.80. The van der Waals surface area contributed by atoms with E-state index < -0.39 is 11.4 Å². The third-order valence-corrected chi connectivity index (χ3v) is 7.80. The van der Waals surface area contributed by atoms with Crippen molar-refractivity contribution in [3.8, 4) is 0 Å². The fourth-order valence-corrected chi connectivity index (χ4v) is 5.31. The number of amides is 1. The van der Waals surface area contributed by atoms with Crippen LogP contribution in [0.1, 0.15) is 61.8 Å². The molecule has 1 aliphatic carbocycles. The van der Waals surface area contributed by atoms with Gasteiger partial charge in [-0.05, 0) is 80.2 Å². The molecule has 0 spiro atoms. The van der Waals surface area contributed by atoms with Gasteiger partial charge in [-0.25, -0.2) is 9.18 Å². The van der Waals surface area contributed by atoms with Crippen LogP contribution < -0.4 is 0 Å². The van der Waals surface area contributed by atoms with Crippen molar-refractivity contribution in [3.05, 3.63) is 70.5 Å². The maximum atomic E-state index is 13.8. The van der Waals surface area contributed by atoms with E-state index in [-0.39, 0.29) is 42.6 Å². The number of aliphatic carboxylic acids is 1. The van der Waals surface area contributed by atoms with E-state index in [2.05, 4.69) is 0 Å². The molecule has 0 bridgehead atoms. The number of ether oxygens (including phenoxy) is 1. The highest BCUT2D eigenvalue weighted by molar-refractivity contribution is 5.83. The van der Waals surface area contributed by atoms with Crippen LogP contribution in [0.4, 0.5) is 9.18 Å². The van der Waals surface area contributed by atoms with Crippen LogP contribution in [0.3, 0.4) is 0 Å². The Labute approximate surface area is 211 Å². The van der Waals surface area contributed by atoms with Gasteiger partial charge in [0, 0.05) is 25.9 Å². The first-order valence-corrected chi connectivity index (χ1v) is 12.7. The molecule has 1 saturated carbocycles. The van der Waals surface area contributed by atoms with Gasteiger partial charge in [0.05, 0.1) is 5.41 Å². The number of carboxylic acids is 1. The average molecular weight is 496 g/mol. The lowest BCUT2D eigenvalue weighted by molar-refractivity contribution is -0.151. The van der Waals surface area contributed by atoms with Crippen molar-refractivity contribution in [2.24, 2.45) is 11.3 Å². The maximum absolute atomic E-state index is 13.8. The Hall–Kier alpha value is -3.22. The quantitative estimate of drug-likeness (QED) is 0.560. The molecule has 4 rings (SSSR count). The number of hydrogen-bond donors (Lipinski definition) is 1. The minimum Gasteiger partial charge on any atom is -0.481 e. The predicted octanol–water partition coefficient (Wildman–Crippen LogP) is 5.34. The fourth-order valence-electron chi connectivity index (χ4n) is 5.31. The van der Waals surface area contributed by atoms with Crippen molar-refractivity contribution < 1.29 is 28.6 Å². The van der Waals surface area contributed by atoms with Gasteiger partial charge < -0.3 is 14.7 Å². The summed E-state index contributed by atoms with van der Waals surface area (Å²) in [6.45, 7) is 4.53.